The van der Waals surface area contributed by atoms with Crippen LogP contribution in [0.5, 0.6) is 0 Å². The van der Waals surface area contributed by atoms with E-state index in [9.17, 15) is 19.2 Å². The van der Waals surface area contributed by atoms with Crippen LogP contribution in [-0.2, 0) is 42.9 Å². The van der Waals surface area contributed by atoms with Gasteiger partial charge in [-0.25, -0.2) is 0 Å². The smallest absolute Gasteiger partial charge is 0.225 e. The van der Waals surface area contributed by atoms with Gasteiger partial charge < -0.3 is 33.7 Å². The summed E-state index contributed by atoms with van der Waals surface area (Å²) in [5, 5.41) is 7.00. The second kappa shape index (κ2) is 31.2. The van der Waals surface area contributed by atoms with E-state index >= 15 is 0 Å². The van der Waals surface area contributed by atoms with Gasteiger partial charge in [0.05, 0.1) is 70.0 Å². The highest BCUT2D eigenvalue weighted by Gasteiger charge is 2.41. The number of aliphatic hydroxyl groups is 1. The maximum Gasteiger partial charge on any atom is 0.225 e. The molecule has 1 unspecified atom stereocenters. The molecule has 0 saturated carbocycles. The standard InChI is InChI=1S/C32H59NO9.2C2H6.CH4O/c1-11-13-28(36)16-19-40-24-32(22-38-17-14-26(5)34,23-39-18-15-27(35)12-2)33(10)29(37)20-30(6,7)41-21-31(8,9)42-25(3)4;3*1-2/h25H,11-24H2,1-10H3;2*1-2H3;2H,1H3. The molecule has 0 rings (SSSR count). The van der Waals surface area contributed by atoms with E-state index < -0.39 is 16.7 Å². The van der Waals surface area contributed by atoms with Crippen LogP contribution in [0.4, 0.5) is 0 Å². The Hall–Kier alpha value is -1.76. The van der Waals surface area contributed by atoms with Gasteiger partial charge in [-0.1, -0.05) is 41.5 Å². The largest absolute Gasteiger partial charge is 0.400 e. The maximum atomic E-state index is 13.7. The molecular formula is C37H75NO10. The van der Waals surface area contributed by atoms with Crippen molar-refractivity contribution in [3.8, 4) is 0 Å². The third-order valence-electron chi connectivity index (χ3n) is 6.71. The fourth-order valence-corrected chi connectivity index (χ4v) is 4.21. The van der Waals surface area contributed by atoms with Crippen LogP contribution in [0.3, 0.4) is 0 Å². The molecule has 0 aromatic carbocycles. The highest BCUT2D eigenvalue weighted by Crippen LogP contribution is 2.25. The lowest BCUT2D eigenvalue weighted by molar-refractivity contribution is -0.163. The Morgan fingerprint density at radius 1 is 0.688 bits per heavy atom. The number of Topliss-reactive ketones (excluding diaryl/α,β-unsaturated/α-hetero) is 3. The molecule has 0 fully saturated rings. The highest BCUT2D eigenvalue weighted by atomic mass is 16.6. The average molecular weight is 694 g/mol. The molecule has 0 aliphatic rings. The quantitative estimate of drug-likeness (QED) is 0.101. The third kappa shape index (κ3) is 28.1. The number of nitrogens with zero attached hydrogens (tertiary/aromatic N) is 1. The van der Waals surface area contributed by atoms with Gasteiger partial charge in [-0.2, -0.15) is 0 Å². The molecule has 11 nitrogen and oxygen atoms in total. The van der Waals surface area contributed by atoms with Crippen molar-refractivity contribution in [2.24, 2.45) is 0 Å². The van der Waals surface area contributed by atoms with Crippen LogP contribution in [0.15, 0.2) is 0 Å². The van der Waals surface area contributed by atoms with Crippen LogP contribution in [0.25, 0.3) is 0 Å². The Bertz CT molecular complexity index is 829. The molecule has 0 aromatic heterocycles. The summed E-state index contributed by atoms with van der Waals surface area (Å²) < 4.78 is 29.9. The van der Waals surface area contributed by atoms with Crippen molar-refractivity contribution in [1.82, 2.24) is 4.90 Å². The Morgan fingerprint density at radius 2 is 1.12 bits per heavy atom. The van der Waals surface area contributed by atoms with Gasteiger partial charge in [0.1, 0.15) is 22.9 Å². The van der Waals surface area contributed by atoms with E-state index in [1.807, 2.05) is 76.2 Å². The third-order valence-corrected chi connectivity index (χ3v) is 6.71. The molecule has 288 valence electrons. The first kappa shape index (κ1) is 53.0. The summed E-state index contributed by atoms with van der Waals surface area (Å²) in [5.41, 5.74) is -2.39. The molecule has 1 atom stereocenters. The molecule has 0 saturated heterocycles. The van der Waals surface area contributed by atoms with Crippen molar-refractivity contribution < 1.29 is 48.0 Å². The normalized spacial score (nSPS) is 12.4. The highest BCUT2D eigenvalue weighted by molar-refractivity contribution is 5.79. The number of carbonyl (C=O) groups is 4. The number of carbonyl (C=O) groups excluding carboxylic acids is 4. The molecule has 1 N–H and O–H groups in total. The van der Waals surface area contributed by atoms with Gasteiger partial charge in [0.2, 0.25) is 5.91 Å². The van der Waals surface area contributed by atoms with Gasteiger partial charge in [-0.3, -0.25) is 19.2 Å². The van der Waals surface area contributed by atoms with E-state index in [4.69, 9.17) is 28.8 Å². The molecule has 0 spiro atoms. The van der Waals surface area contributed by atoms with Crippen molar-refractivity contribution in [1.29, 1.82) is 0 Å². The summed E-state index contributed by atoms with van der Waals surface area (Å²) in [7, 11) is 2.67. The Labute approximate surface area is 294 Å². The predicted molar refractivity (Wildman–Crippen MR) is 193 cm³/mol. The van der Waals surface area contributed by atoms with Gasteiger partial charge in [-0.15, -0.1) is 0 Å². The zero-order chi connectivity index (χ0) is 38.4. The van der Waals surface area contributed by atoms with Crippen molar-refractivity contribution in [3.05, 3.63) is 0 Å². The van der Waals surface area contributed by atoms with Gasteiger partial charge >= 0.3 is 0 Å². The number of likely N-dealkylation sites (N-methyl/N-ethyl adjacent to an activating group) is 1. The SMILES string of the molecule is CC.CC.CCCC(=O)CCOCC(COCCC(C)=O)(COCCC(=O)CC)N(C)C(=O)CC(C)(C)OCC(C)(C)OC(C)C.CO. The van der Waals surface area contributed by atoms with E-state index in [0.29, 0.717) is 19.4 Å². The maximum absolute atomic E-state index is 13.7. The summed E-state index contributed by atoms with van der Waals surface area (Å²) in [6.45, 7) is 25.8. The molecule has 0 aliphatic carbocycles. The summed E-state index contributed by atoms with van der Waals surface area (Å²) in [6, 6.07) is 0. The van der Waals surface area contributed by atoms with Crippen molar-refractivity contribution in [2.75, 3.05) is 60.4 Å². The molecular weight excluding hydrogens is 618 g/mol. The molecule has 0 aromatic rings. The number of hydrogen-bond acceptors (Lipinski definition) is 10. The average Bonchev–Trinajstić information content (AvgIpc) is 3.03. The van der Waals surface area contributed by atoms with E-state index in [1.165, 1.54) is 6.92 Å². The zero-order valence-corrected chi connectivity index (χ0v) is 33.5. The molecule has 11 heteroatoms. The number of aliphatic hydroxyl groups excluding tert-OH is 1. The van der Waals surface area contributed by atoms with Gasteiger partial charge in [0, 0.05) is 46.3 Å². The van der Waals surface area contributed by atoms with Crippen LogP contribution in [0.2, 0.25) is 0 Å². The van der Waals surface area contributed by atoms with E-state index in [0.717, 1.165) is 13.5 Å². The van der Waals surface area contributed by atoms with Crippen LogP contribution >= 0.6 is 0 Å². The second-order valence-corrected chi connectivity index (χ2v) is 12.6. The van der Waals surface area contributed by atoms with E-state index in [-0.39, 0.29) is 94.7 Å². The second-order valence-electron chi connectivity index (χ2n) is 12.6. The number of ketones is 3. The van der Waals surface area contributed by atoms with E-state index in [1.54, 1.807) is 18.9 Å². The molecule has 48 heavy (non-hydrogen) atoms. The minimum absolute atomic E-state index is 0.00619. The molecule has 0 bridgehead atoms. The lowest BCUT2D eigenvalue weighted by atomic mass is 9.97. The van der Waals surface area contributed by atoms with Crippen molar-refractivity contribution in [2.45, 2.75) is 158 Å². The van der Waals surface area contributed by atoms with E-state index in [2.05, 4.69) is 0 Å². The van der Waals surface area contributed by atoms with Crippen LogP contribution < -0.4 is 0 Å². The molecule has 0 radical (unpaired) electrons. The molecule has 0 heterocycles. The number of hydrogen-bond donors (Lipinski definition) is 1. The molecule has 0 aliphatic heterocycles. The monoisotopic (exact) mass is 694 g/mol. The fourth-order valence-electron chi connectivity index (χ4n) is 4.21. The van der Waals surface area contributed by atoms with Crippen LogP contribution in [0.1, 0.15) is 135 Å². The summed E-state index contributed by atoms with van der Waals surface area (Å²) in [6.07, 6.45) is 2.56. The Morgan fingerprint density at radius 3 is 1.52 bits per heavy atom. The lowest BCUT2D eigenvalue weighted by Crippen LogP contribution is -2.60. The summed E-state index contributed by atoms with van der Waals surface area (Å²) in [4.78, 5) is 50.7. The van der Waals surface area contributed by atoms with Crippen molar-refractivity contribution >= 4 is 23.3 Å². The van der Waals surface area contributed by atoms with Gasteiger partial charge in [-0.05, 0) is 54.9 Å². The number of ether oxygens (including phenoxy) is 5. The minimum Gasteiger partial charge on any atom is -0.400 e. The summed E-state index contributed by atoms with van der Waals surface area (Å²) in [5.74, 6) is -0.0236. The number of rotatable bonds is 26. The first-order chi connectivity index (χ1) is 22.5. The topological polar surface area (TPSA) is 138 Å². The predicted octanol–water partition coefficient (Wildman–Crippen LogP) is 6.39. The minimum atomic E-state index is -1.06. The van der Waals surface area contributed by atoms with Crippen molar-refractivity contribution in [3.63, 3.8) is 0 Å². The van der Waals surface area contributed by atoms with Gasteiger partial charge in [0.25, 0.3) is 0 Å². The van der Waals surface area contributed by atoms with Crippen LogP contribution in [-0.4, -0.2) is 117 Å². The Balaban J connectivity index is -0.00000152. The molecule has 1 amide bonds. The van der Waals surface area contributed by atoms with Crippen LogP contribution in [0, 0.1) is 0 Å². The first-order valence-electron chi connectivity index (χ1n) is 17.8. The zero-order valence-electron chi connectivity index (χ0n) is 33.5. The van der Waals surface area contributed by atoms with Gasteiger partial charge in [0.15, 0.2) is 0 Å². The first-order valence-corrected chi connectivity index (χ1v) is 17.8. The fraction of sp³-hybridized carbons (Fsp3) is 0.892. The summed E-state index contributed by atoms with van der Waals surface area (Å²) >= 11 is 0. The Kier molecular flexibility index (Phi) is 34.5. The number of amides is 1. The lowest BCUT2D eigenvalue weighted by Gasteiger charge is -2.42.